The molecule has 2 N–H and O–H groups in total. The Morgan fingerprint density at radius 2 is 2.16 bits per heavy atom. The summed E-state index contributed by atoms with van der Waals surface area (Å²) in [6.45, 7) is 2.04. The summed E-state index contributed by atoms with van der Waals surface area (Å²) in [6, 6.07) is 5.80. The van der Waals surface area contributed by atoms with E-state index in [1.54, 1.807) is 7.05 Å². The van der Waals surface area contributed by atoms with Gasteiger partial charge in [-0.25, -0.2) is 9.37 Å². The molecule has 1 heterocycles. The molecular formula is C13H14BrFN4. The highest BCUT2D eigenvalue weighted by Crippen LogP contribution is 2.25. The fourth-order valence-corrected chi connectivity index (χ4v) is 2.09. The first-order chi connectivity index (χ1) is 9.13. The van der Waals surface area contributed by atoms with Crippen LogP contribution < -0.4 is 10.6 Å². The van der Waals surface area contributed by atoms with Crippen LogP contribution in [0.25, 0.3) is 0 Å². The molecule has 0 aliphatic heterocycles. The second kappa shape index (κ2) is 5.97. The van der Waals surface area contributed by atoms with Crippen LogP contribution in [0.1, 0.15) is 12.5 Å². The number of hydrogen-bond donors (Lipinski definition) is 2. The number of rotatable bonds is 4. The molecule has 1 aromatic carbocycles. The third-order valence-electron chi connectivity index (χ3n) is 2.67. The predicted molar refractivity (Wildman–Crippen MR) is 78.3 cm³/mol. The molecule has 0 atom stereocenters. The monoisotopic (exact) mass is 324 g/mol. The van der Waals surface area contributed by atoms with Crippen LogP contribution in [0.3, 0.4) is 0 Å². The van der Waals surface area contributed by atoms with Gasteiger partial charge in [0.1, 0.15) is 0 Å². The van der Waals surface area contributed by atoms with Crippen LogP contribution >= 0.6 is 15.9 Å². The highest BCUT2D eigenvalue weighted by Gasteiger charge is 2.09. The van der Waals surface area contributed by atoms with Crippen molar-refractivity contribution in [3.05, 3.63) is 40.2 Å². The summed E-state index contributed by atoms with van der Waals surface area (Å²) in [4.78, 5) is 7.87. The van der Waals surface area contributed by atoms with Crippen molar-refractivity contribution < 1.29 is 4.39 Å². The van der Waals surface area contributed by atoms with E-state index in [9.17, 15) is 4.39 Å². The fraction of sp³-hybridized carbons (Fsp3) is 0.231. The molecule has 0 saturated heterocycles. The van der Waals surface area contributed by atoms with Crippen molar-refractivity contribution in [3.63, 3.8) is 0 Å². The zero-order valence-electron chi connectivity index (χ0n) is 10.7. The molecule has 0 fully saturated rings. The molecule has 0 amide bonds. The van der Waals surface area contributed by atoms with Crippen LogP contribution in [0, 0.1) is 5.82 Å². The minimum atomic E-state index is -0.482. The van der Waals surface area contributed by atoms with E-state index in [0.29, 0.717) is 5.95 Å². The number of nitrogens with zero attached hydrogens (tertiary/aromatic N) is 2. The molecule has 0 aliphatic rings. The lowest BCUT2D eigenvalue weighted by atomic mass is 10.1. The zero-order valence-corrected chi connectivity index (χ0v) is 12.3. The molecule has 19 heavy (non-hydrogen) atoms. The van der Waals surface area contributed by atoms with Crippen LogP contribution in [0.15, 0.2) is 28.9 Å². The van der Waals surface area contributed by atoms with Gasteiger partial charge in [0.15, 0.2) is 11.6 Å². The summed E-state index contributed by atoms with van der Waals surface area (Å²) in [6.07, 6.45) is 1.99. The number of benzene rings is 1. The lowest BCUT2D eigenvalue weighted by Crippen LogP contribution is -2.04. The molecule has 2 aromatic rings. The summed E-state index contributed by atoms with van der Waals surface area (Å²) in [5.74, 6) is 0.0550. The van der Waals surface area contributed by atoms with Crippen molar-refractivity contribution in [2.45, 2.75) is 13.3 Å². The molecular weight excluding hydrogens is 311 g/mol. The van der Waals surface area contributed by atoms with Crippen LogP contribution in [0.5, 0.6) is 0 Å². The second-order valence-electron chi connectivity index (χ2n) is 3.92. The zero-order chi connectivity index (χ0) is 13.8. The van der Waals surface area contributed by atoms with E-state index in [4.69, 9.17) is 0 Å². The summed E-state index contributed by atoms with van der Waals surface area (Å²) in [7, 11) is 1.69. The molecule has 100 valence electrons. The molecule has 6 heteroatoms. The third-order valence-corrected chi connectivity index (χ3v) is 3.16. The Morgan fingerprint density at radius 3 is 2.84 bits per heavy atom. The lowest BCUT2D eigenvalue weighted by molar-refractivity contribution is 0.619. The largest absolute Gasteiger partial charge is 0.357 e. The molecule has 0 bridgehead atoms. The molecule has 2 rings (SSSR count). The van der Waals surface area contributed by atoms with E-state index in [1.165, 1.54) is 0 Å². The van der Waals surface area contributed by atoms with Gasteiger partial charge in [0.2, 0.25) is 5.95 Å². The Hall–Kier alpha value is -1.69. The van der Waals surface area contributed by atoms with Crippen molar-refractivity contribution in [3.8, 4) is 0 Å². The van der Waals surface area contributed by atoms with E-state index in [2.05, 4.69) is 36.5 Å². The van der Waals surface area contributed by atoms with Gasteiger partial charge >= 0.3 is 0 Å². The molecule has 0 saturated carbocycles. The van der Waals surface area contributed by atoms with E-state index in [1.807, 2.05) is 25.1 Å². The van der Waals surface area contributed by atoms with Crippen LogP contribution in [0.4, 0.5) is 21.8 Å². The number of hydrogen-bond acceptors (Lipinski definition) is 4. The van der Waals surface area contributed by atoms with E-state index >= 15 is 0 Å². The molecule has 0 aliphatic carbocycles. The Kier molecular flexibility index (Phi) is 4.31. The summed E-state index contributed by atoms with van der Waals surface area (Å²) in [5, 5.41) is 5.79. The van der Waals surface area contributed by atoms with Crippen molar-refractivity contribution in [1.82, 2.24) is 9.97 Å². The summed E-state index contributed by atoms with van der Waals surface area (Å²) >= 11 is 3.42. The van der Waals surface area contributed by atoms with Gasteiger partial charge in [-0.05, 0) is 30.2 Å². The van der Waals surface area contributed by atoms with Crippen molar-refractivity contribution in [1.29, 1.82) is 0 Å². The first-order valence-corrected chi connectivity index (χ1v) is 6.69. The topological polar surface area (TPSA) is 49.8 Å². The molecule has 0 spiro atoms. The summed E-state index contributed by atoms with van der Waals surface area (Å²) in [5.41, 5.74) is 1.92. The Bertz CT molecular complexity index is 589. The maximum absolute atomic E-state index is 13.7. The van der Waals surface area contributed by atoms with Gasteiger partial charge in [-0.3, -0.25) is 0 Å². The Morgan fingerprint density at radius 1 is 1.37 bits per heavy atom. The highest BCUT2D eigenvalue weighted by atomic mass is 79.9. The average Bonchev–Trinajstić information content (AvgIpc) is 2.43. The number of aryl methyl sites for hydroxylation is 1. The average molecular weight is 325 g/mol. The fourth-order valence-electron chi connectivity index (χ4n) is 1.68. The van der Waals surface area contributed by atoms with Gasteiger partial charge in [0.05, 0.1) is 6.20 Å². The normalized spacial score (nSPS) is 10.3. The maximum atomic E-state index is 13.7. The van der Waals surface area contributed by atoms with Crippen LogP contribution in [-0.4, -0.2) is 17.0 Å². The molecule has 4 nitrogen and oxygen atoms in total. The van der Waals surface area contributed by atoms with Crippen molar-refractivity contribution in [2.75, 3.05) is 17.7 Å². The number of nitrogens with one attached hydrogen (secondary N) is 2. The SMILES string of the molecule is CCc1cc(Br)ccc1Nc1nc(NC)ncc1F. The number of halogens is 2. The van der Waals surface area contributed by atoms with Gasteiger partial charge in [-0.1, -0.05) is 22.9 Å². The number of anilines is 3. The number of aromatic nitrogens is 2. The van der Waals surface area contributed by atoms with Gasteiger partial charge in [0, 0.05) is 17.2 Å². The smallest absolute Gasteiger partial charge is 0.224 e. The van der Waals surface area contributed by atoms with Gasteiger partial charge < -0.3 is 10.6 Å². The third kappa shape index (κ3) is 3.20. The summed E-state index contributed by atoms with van der Waals surface area (Å²) < 4.78 is 14.7. The molecule has 0 radical (unpaired) electrons. The Labute approximate surface area is 119 Å². The Balaban J connectivity index is 2.35. The van der Waals surface area contributed by atoms with Gasteiger partial charge in [-0.2, -0.15) is 4.98 Å². The molecule has 0 unspecified atom stereocenters. The van der Waals surface area contributed by atoms with Crippen LogP contribution in [-0.2, 0) is 6.42 Å². The molecule has 1 aromatic heterocycles. The van der Waals surface area contributed by atoms with E-state index in [-0.39, 0.29) is 5.82 Å². The standard InChI is InChI=1S/C13H14BrFN4/c1-3-8-6-9(14)4-5-11(8)18-12-10(15)7-17-13(16-2)19-12/h4-7H,3H2,1-2H3,(H2,16,17,18,19). The maximum Gasteiger partial charge on any atom is 0.224 e. The quantitative estimate of drug-likeness (QED) is 0.899. The van der Waals surface area contributed by atoms with Crippen LogP contribution in [0.2, 0.25) is 0 Å². The predicted octanol–water partition coefficient (Wildman–Crippen LogP) is 3.73. The van der Waals surface area contributed by atoms with Gasteiger partial charge in [-0.15, -0.1) is 0 Å². The first-order valence-electron chi connectivity index (χ1n) is 5.89. The van der Waals surface area contributed by atoms with Crippen molar-refractivity contribution >= 4 is 33.4 Å². The second-order valence-corrected chi connectivity index (χ2v) is 4.84. The van der Waals surface area contributed by atoms with E-state index < -0.39 is 5.82 Å². The minimum Gasteiger partial charge on any atom is -0.357 e. The van der Waals surface area contributed by atoms with Crippen molar-refractivity contribution in [2.24, 2.45) is 0 Å². The lowest BCUT2D eigenvalue weighted by Gasteiger charge is -2.12. The van der Waals surface area contributed by atoms with E-state index in [0.717, 1.165) is 28.3 Å². The van der Waals surface area contributed by atoms with Gasteiger partial charge in [0.25, 0.3) is 0 Å². The highest BCUT2D eigenvalue weighted by molar-refractivity contribution is 9.10. The minimum absolute atomic E-state index is 0.163. The first kappa shape index (κ1) is 13.7.